The average Bonchev–Trinajstić information content (AvgIpc) is 2.98. The highest BCUT2D eigenvalue weighted by molar-refractivity contribution is 5.84. The molecule has 0 amide bonds. The number of para-hydroxylation sites is 1. The molecule has 4 nitrogen and oxygen atoms in total. The molecule has 1 aromatic carbocycles. The van der Waals surface area contributed by atoms with Crippen LogP contribution in [0.4, 0.5) is 5.95 Å². The van der Waals surface area contributed by atoms with Gasteiger partial charge in [-0.2, -0.15) is 4.98 Å². The first-order chi connectivity index (χ1) is 9.86. The minimum atomic E-state index is 0.312. The van der Waals surface area contributed by atoms with Crippen LogP contribution in [0.1, 0.15) is 39.0 Å². The van der Waals surface area contributed by atoms with Crippen molar-refractivity contribution in [1.82, 2.24) is 9.97 Å². The van der Waals surface area contributed by atoms with Crippen LogP contribution in [0.5, 0.6) is 5.88 Å². The summed E-state index contributed by atoms with van der Waals surface area (Å²) in [5.74, 6) is 1.39. The van der Waals surface area contributed by atoms with Gasteiger partial charge >= 0.3 is 0 Å². The summed E-state index contributed by atoms with van der Waals surface area (Å²) in [7, 11) is 0. The molecule has 0 radical (unpaired) electrons. The Bertz CT molecular complexity index is 579. The van der Waals surface area contributed by atoms with E-state index in [1.54, 1.807) is 0 Å². The standard InChI is InChI=1S/C16H21N3O/c1-2-11-17-16-18-14-10-6-5-9-13(14)15(19-16)20-12-7-3-4-8-12/h5-6,9-10,12H,2-4,7-8,11H2,1H3,(H,17,18,19). The number of anilines is 1. The third kappa shape index (κ3) is 2.84. The van der Waals surface area contributed by atoms with E-state index in [1.807, 2.05) is 24.3 Å². The fraction of sp³-hybridized carbons (Fsp3) is 0.500. The van der Waals surface area contributed by atoms with Crippen molar-refractivity contribution in [3.8, 4) is 5.88 Å². The first-order valence-electron chi connectivity index (χ1n) is 7.54. The summed E-state index contributed by atoms with van der Waals surface area (Å²) in [4.78, 5) is 9.10. The van der Waals surface area contributed by atoms with Crippen LogP contribution in [0.15, 0.2) is 24.3 Å². The van der Waals surface area contributed by atoms with E-state index in [-0.39, 0.29) is 0 Å². The van der Waals surface area contributed by atoms with Crippen molar-refractivity contribution < 1.29 is 4.74 Å². The van der Waals surface area contributed by atoms with E-state index in [2.05, 4.69) is 22.2 Å². The lowest BCUT2D eigenvalue weighted by Crippen LogP contribution is -2.13. The number of benzene rings is 1. The number of hydrogen-bond acceptors (Lipinski definition) is 4. The third-order valence-electron chi connectivity index (χ3n) is 3.68. The molecule has 0 bridgehead atoms. The summed E-state index contributed by atoms with van der Waals surface area (Å²) in [6.45, 7) is 3.01. The zero-order valence-electron chi connectivity index (χ0n) is 11.9. The summed E-state index contributed by atoms with van der Waals surface area (Å²) >= 11 is 0. The highest BCUT2D eigenvalue weighted by atomic mass is 16.5. The summed E-state index contributed by atoms with van der Waals surface area (Å²) in [6.07, 6.45) is 6.15. The largest absolute Gasteiger partial charge is 0.474 e. The molecule has 0 aliphatic heterocycles. The molecule has 106 valence electrons. The molecule has 1 aliphatic carbocycles. The maximum absolute atomic E-state index is 6.12. The van der Waals surface area contributed by atoms with Gasteiger partial charge in [0.25, 0.3) is 0 Å². The molecule has 20 heavy (non-hydrogen) atoms. The van der Waals surface area contributed by atoms with Gasteiger partial charge in [0.15, 0.2) is 0 Å². The zero-order valence-corrected chi connectivity index (χ0v) is 11.9. The molecular formula is C16H21N3O. The minimum absolute atomic E-state index is 0.312. The molecule has 0 saturated heterocycles. The van der Waals surface area contributed by atoms with Gasteiger partial charge in [0.05, 0.1) is 10.9 Å². The Morgan fingerprint density at radius 1 is 1.20 bits per heavy atom. The lowest BCUT2D eigenvalue weighted by atomic mass is 10.2. The number of fused-ring (bicyclic) bond motifs is 1. The van der Waals surface area contributed by atoms with E-state index in [9.17, 15) is 0 Å². The number of hydrogen-bond donors (Lipinski definition) is 1. The molecular weight excluding hydrogens is 250 g/mol. The van der Waals surface area contributed by atoms with Crippen molar-refractivity contribution in [2.45, 2.75) is 45.1 Å². The third-order valence-corrected chi connectivity index (χ3v) is 3.68. The van der Waals surface area contributed by atoms with E-state index >= 15 is 0 Å². The summed E-state index contributed by atoms with van der Waals surface area (Å²) < 4.78 is 6.12. The predicted molar refractivity (Wildman–Crippen MR) is 81.2 cm³/mol. The lowest BCUT2D eigenvalue weighted by molar-refractivity contribution is 0.204. The maximum atomic E-state index is 6.12. The highest BCUT2D eigenvalue weighted by Gasteiger charge is 2.19. The minimum Gasteiger partial charge on any atom is -0.474 e. The Morgan fingerprint density at radius 3 is 2.80 bits per heavy atom. The quantitative estimate of drug-likeness (QED) is 0.899. The highest BCUT2D eigenvalue weighted by Crippen LogP contribution is 2.28. The number of ether oxygens (including phenoxy) is 1. The number of nitrogens with zero attached hydrogens (tertiary/aromatic N) is 2. The Balaban J connectivity index is 1.93. The SMILES string of the molecule is CCCNc1nc(OC2CCCC2)c2ccccc2n1. The van der Waals surface area contributed by atoms with Crippen LogP contribution in [0.3, 0.4) is 0 Å². The van der Waals surface area contributed by atoms with Crippen LogP contribution in [0.25, 0.3) is 10.9 Å². The maximum Gasteiger partial charge on any atom is 0.226 e. The van der Waals surface area contributed by atoms with Gasteiger partial charge in [-0.1, -0.05) is 19.1 Å². The first kappa shape index (κ1) is 13.2. The topological polar surface area (TPSA) is 47.0 Å². The molecule has 3 rings (SSSR count). The van der Waals surface area contributed by atoms with Gasteiger partial charge in [-0.05, 0) is 44.2 Å². The van der Waals surface area contributed by atoms with Crippen LogP contribution in [0.2, 0.25) is 0 Å². The number of nitrogens with one attached hydrogen (secondary N) is 1. The molecule has 1 N–H and O–H groups in total. The molecule has 4 heteroatoms. The summed E-state index contributed by atoms with van der Waals surface area (Å²) in [6, 6.07) is 8.05. The van der Waals surface area contributed by atoms with E-state index in [4.69, 9.17) is 4.74 Å². The zero-order chi connectivity index (χ0) is 13.8. The fourth-order valence-corrected chi connectivity index (χ4v) is 2.62. The van der Waals surface area contributed by atoms with Gasteiger partial charge < -0.3 is 10.1 Å². The second kappa shape index (κ2) is 6.07. The Labute approximate surface area is 119 Å². The Kier molecular flexibility index (Phi) is 4.00. The second-order valence-corrected chi connectivity index (χ2v) is 5.32. The van der Waals surface area contributed by atoms with E-state index in [0.717, 1.165) is 42.6 Å². The Hall–Kier alpha value is -1.84. The van der Waals surface area contributed by atoms with Gasteiger partial charge in [0.2, 0.25) is 11.8 Å². The number of aromatic nitrogens is 2. The smallest absolute Gasteiger partial charge is 0.226 e. The molecule has 0 unspecified atom stereocenters. The van der Waals surface area contributed by atoms with Crippen molar-refractivity contribution in [3.63, 3.8) is 0 Å². The molecule has 2 aromatic rings. The number of rotatable bonds is 5. The summed E-state index contributed by atoms with van der Waals surface area (Å²) in [5.41, 5.74) is 0.939. The van der Waals surface area contributed by atoms with Gasteiger partial charge in [0, 0.05) is 6.54 Å². The predicted octanol–water partition coefficient (Wildman–Crippen LogP) is 3.77. The van der Waals surface area contributed by atoms with Crippen molar-refractivity contribution in [1.29, 1.82) is 0 Å². The first-order valence-corrected chi connectivity index (χ1v) is 7.54. The monoisotopic (exact) mass is 271 g/mol. The van der Waals surface area contributed by atoms with Gasteiger partial charge in [-0.15, -0.1) is 0 Å². The molecule has 1 fully saturated rings. The van der Waals surface area contributed by atoms with Crippen LogP contribution in [-0.2, 0) is 0 Å². The van der Waals surface area contributed by atoms with Crippen LogP contribution < -0.4 is 10.1 Å². The van der Waals surface area contributed by atoms with Crippen molar-refractivity contribution in [2.24, 2.45) is 0 Å². The van der Waals surface area contributed by atoms with Crippen LogP contribution >= 0.6 is 0 Å². The van der Waals surface area contributed by atoms with Crippen LogP contribution in [0, 0.1) is 0 Å². The van der Waals surface area contributed by atoms with E-state index in [1.165, 1.54) is 12.8 Å². The van der Waals surface area contributed by atoms with Crippen molar-refractivity contribution in [3.05, 3.63) is 24.3 Å². The average molecular weight is 271 g/mol. The van der Waals surface area contributed by atoms with Gasteiger partial charge in [-0.25, -0.2) is 4.98 Å². The molecule has 1 aliphatic rings. The molecule has 1 heterocycles. The molecule has 1 aromatic heterocycles. The van der Waals surface area contributed by atoms with Crippen LogP contribution in [-0.4, -0.2) is 22.6 Å². The summed E-state index contributed by atoms with van der Waals surface area (Å²) in [5, 5.41) is 4.25. The van der Waals surface area contributed by atoms with Crippen molar-refractivity contribution >= 4 is 16.9 Å². The van der Waals surface area contributed by atoms with Gasteiger partial charge in [0.1, 0.15) is 6.10 Å². The normalized spacial score (nSPS) is 15.7. The van der Waals surface area contributed by atoms with Gasteiger partial charge in [-0.3, -0.25) is 0 Å². The lowest BCUT2D eigenvalue weighted by Gasteiger charge is -2.15. The van der Waals surface area contributed by atoms with E-state index in [0.29, 0.717) is 12.1 Å². The van der Waals surface area contributed by atoms with Crippen molar-refractivity contribution in [2.75, 3.05) is 11.9 Å². The fourth-order valence-electron chi connectivity index (χ4n) is 2.62. The molecule has 1 saturated carbocycles. The second-order valence-electron chi connectivity index (χ2n) is 5.32. The molecule has 0 atom stereocenters. The van der Waals surface area contributed by atoms with E-state index < -0.39 is 0 Å². The Morgan fingerprint density at radius 2 is 2.00 bits per heavy atom. The molecule has 0 spiro atoms.